The fraction of sp³-hybridized carbons (Fsp3) is 0.273. The van der Waals surface area contributed by atoms with E-state index < -0.39 is 4.92 Å². The van der Waals surface area contributed by atoms with Gasteiger partial charge in [-0.1, -0.05) is 5.16 Å². The number of nitrogens with zero attached hydrogens (tertiary/aromatic N) is 3. The Balaban J connectivity index is 2.15. The fourth-order valence-electron chi connectivity index (χ4n) is 1.39. The van der Waals surface area contributed by atoms with Gasteiger partial charge in [-0.15, -0.1) is 0 Å². The molecule has 0 radical (unpaired) electrons. The van der Waals surface area contributed by atoms with Crippen LogP contribution in [0.25, 0.3) is 11.5 Å². The summed E-state index contributed by atoms with van der Waals surface area (Å²) in [6.07, 6.45) is 0.562. The SMILES string of the molecule is COCCc1noc(-c2ccc([N+](=O)[O-])cc2)n1. The Morgan fingerprint density at radius 1 is 1.39 bits per heavy atom. The van der Waals surface area contributed by atoms with Crippen molar-refractivity contribution < 1.29 is 14.2 Å². The average Bonchev–Trinajstić information content (AvgIpc) is 2.85. The topological polar surface area (TPSA) is 91.3 Å². The summed E-state index contributed by atoms with van der Waals surface area (Å²) in [5, 5.41) is 14.3. The molecule has 1 aromatic heterocycles. The Labute approximate surface area is 103 Å². The summed E-state index contributed by atoms with van der Waals surface area (Å²) >= 11 is 0. The van der Waals surface area contributed by atoms with Crippen molar-refractivity contribution in [3.63, 3.8) is 0 Å². The summed E-state index contributed by atoms with van der Waals surface area (Å²) in [7, 11) is 1.59. The molecule has 7 nitrogen and oxygen atoms in total. The number of rotatable bonds is 5. The molecule has 2 rings (SSSR count). The molecule has 0 bridgehead atoms. The Kier molecular flexibility index (Phi) is 3.63. The van der Waals surface area contributed by atoms with Gasteiger partial charge in [0.15, 0.2) is 5.82 Å². The molecule has 7 heteroatoms. The second-order valence-electron chi connectivity index (χ2n) is 3.56. The van der Waals surface area contributed by atoms with Crippen LogP contribution >= 0.6 is 0 Å². The van der Waals surface area contributed by atoms with Crippen LogP contribution < -0.4 is 0 Å². The molecule has 0 fully saturated rings. The van der Waals surface area contributed by atoms with Crippen LogP contribution in [0.15, 0.2) is 28.8 Å². The van der Waals surface area contributed by atoms with E-state index in [2.05, 4.69) is 10.1 Å². The molecule has 1 aromatic carbocycles. The minimum Gasteiger partial charge on any atom is -0.384 e. The summed E-state index contributed by atoms with van der Waals surface area (Å²) in [4.78, 5) is 14.2. The first-order valence-corrected chi connectivity index (χ1v) is 5.27. The number of benzene rings is 1. The first-order chi connectivity index (χ1) is 8.70. The highest BCUT2D eigenvalue weighted by Crippen LogP contribution is 2.20. The number of nitro benzene ring substituents is 1. The number of methoxy groups -OCH3 is 1. The van der Waals surface area contributed by atoms with E-state index in [0.29, 0.717) is 30.3 Å². The maximum Gasteiger partial charge on any atom is 0.269 e. The van der Waals surface area contributed by atoms with Gasteiger partial charge in [-0.25, -0.2) is 0 Å². The van der Waals surface area contributed by atoms with E-state index in [4.69, 9.17) is 9.26 Å². The molecule has 0 N–H and O–H groups in total. The van der Waals surface area contributed by atoms with Gasteiger partial charge in [0.2, 0.25) is 0 Å². The van der Waals surface area contributed by atoms with Crippen molar-refractivity contribution in [2.75, 3.05) is 13.7 Å². The zero-order valence-corrected chi connectivity index (χ0v) is 9.70. The molecule has 0 saturated carbocycles. The number of ether oxygens (including phenoxy) is 1. The largest absolute Gasteiger partial charge is 0.384 e. The van der Waals surface area contributed by atoms with Crippen molar-refractivity contribution in [2.45, 2.75) is 6.42 Å². The van der Waals surface area contributed by atoms with Crippen LogP contribution in [0.4, 0.5) is 5.69 Å². The molecule has 2 aromatic rings. The van der Waals surface area contributed by atoms with Crippen LogP contribution in [-0.2, 0) is 11.2 Å². The fourth-order valence-corrected chi connectivity index (χ4v) is 1.39. The van der Waals surface area contributed by atoms with Crippen molar-refractivity contribution in [3.8, 4) is 11.5 Å². The van der Waals surface area contributed by atoms with Crippen LogP contribution in [0.3, 0.4) is 0 Å². The van der Waals surface area contributed by atoms with Crippen molar-refractivity contribution >= 4 is 5.69 Å². The number of hydrogen-bond acceptors (Lipinski definition) is 6. The van der Waals surface area contributed by atoms with Gasteiger partial charge in [0.05, 0.1) is 11.5 Å². The van der Waals surface area contributed by atoms with Crippen LogP contribution in [0.5, 0.6) is 0 Å². The van der Waals surface area contributed by atoms with Gasteiger partial charge in [-0.2, -0.15) is 4.98 Å². The molecule has 94 valence electrons. The number of aromatic nitrogens is 2. The summed E-state index contributed by atoms with van der Waals surface area (Å²) in [6.45, 7) is 0.513. The van der Waals surface area contributed by atoms with E-state index in [1.54, 1.807) is 19.2 Å². The van der Waals surface area contributed by atoms with Gasteiger partial charge in [-0.3, -0.25) is 10.1 Å². The zero-order chi connectivity index (χ0) is 13.0. The molecular formula is C11H11N3O4. The molecule has 18 heavy (non-hydrogen) atoms. The van der Waals surface area contributed by atoms with E-state index in [9.17, 15) is 10.1 Å². The summed E-state index contributed by atoms with van der Waals surface area (Å²) in [6, 6.07) is 5.94. The molecule has 0 aliphatic carbocycles. The van der Waals surface area contributed by atoms with Gasteiger partial charge in [0.1, 0.15) is 0 Å². The van der Waals surface area contributed by atoms with Crippen molar-refractivity contribution in [1.82, 2.24) is 10.1 Å². The molecule has 0 aliphatic heterocycles. The Hall–Kier alpha value is -2.28. The summed E-state index contributed by atoms with van der Waals surface area (Å²) in [5.74, 6) is 0.890. The number of nitro groups is 1. The predicted molar refractivity (Wildman–Crippen MR) is 62.0 cm³/mol. The van der Waals surface area contributed by atoms with Crippen molar-refractivity contribution in [3.05, 3.63) is 40.2 Å². The van der Waals surface area contributed by atoms with E-state index in [1.807, 2.05) is 0 Å². The van der Waals surface area contributed by atoms with Gasteiger partial charge >= 0.3 is 0 Å². The highest BCUT2D eigenvalue weighted by molar-refractivity contribution is 5.55. The van der Waals surface area contributed by atoms with Crippen LogP contribution in [-0.4, -0.2) is 28.8 Å². The second kappa shape index (κ2) is 5.37. The molecular weight excluding hydrogens is 238 g/mol. The molecule has 0 aliphatic rings. The van der Waals surface area contributed by atoms with Crippen LogP contribution in [0.2, 0.25) is 0 Å². The number of hydrogen-bond donors (Lipinski definition) is 0. The third-order valence-electron chi connectivity index (χ3n) is 2.32. The maximum atomic E-state index is 10.5. The highest BCUT2D eigenvalue weighted by atomic mass is 16.6. The lowest BCUT2D eigenvalue weighted by molar-refractivity contribution is -0.384. The predicted octanol–water partition coefficient (Wildman–Crippen LogP) is 1.83. The first kappa shape index (κ1) is 12.2. The Bertz CT molecular complexity index is 535. The van der Waals surface area contributed by atoms with Gasteiger partial charge in [-0.05, 0) is 12.1 Å². The lowest BCUT2D eigenvalue weighted by atomic mass is 10.2. The molecule has 0 unspecified atom stereocenters. The Morgan fingerprint density at radius 3 is 2.72 bits per heavy atom. The minimum absolute atomic E-state index is 0.0258. The first-order valence-electron chi connectivity index (χ1n) is 5.27. The van der Waals surface area contributed by atoms with Crippen molar-refractivity contribution in [2.24, 2.45) is 0 Å². The lowest BCUT2D eigenvalue weighted by Gasteiger charge is -1.93. The third kappa shape index (κ3) is 2.69. The molecule has 0 atom stereocenters. The third-order valence-corrected chi connectivity index (χ3v) is 2.32. The van der Waals surface area contributed by atoms with Crippen LogP contribution in [0, 0.1) is 10.1 Å². The summed E-state index contributed by atoms with van der Waals surface area (Å²) < 4.78 is 9.97. The van der Waals surface area contributed by atoms with Crippen molar-refractivity contribution in [1.29, 1.82) is 0 Å². The molecule has 0 spiro atoms. The monoisotopic (exact) mass is 249 g/mol. The normalized spacial score (nSPS) is 10.5. The van der Waals surface area contributed by atoms with E-state index in [1.165, 1.54) is 12.1 Å². The molecule has 1 heterocycles. The number of non-ortho nitro benzene ring substituents is 1. The molecule has 0 saturated heterocycles. The smallest absolute Gasteiger partial charge is 0.269 e. The lowest BCUT2D eigenvalue weighted by Crippen LogP contribution is -1.96. The Morgan fingerprint density at radius 2 is 2.11 bits per heavy atom. The zero-order valence-electron chi connectivity index (χ0n) is 9.70. The molecule has 0 amide bonds. The second-order valence-corrected chi connectivity index (χ2v) is 3.56. The van der Waals surface area contributed by atoms with Gasteiger partial charge < -0.3 is 9.26 Å². The average molecular weight is 249 g/mol. The van der Waals surface area contributed by atoms with E-state index in [-0.39, 0.29) is 5.69 Å². The highest BCUT2D eigenvalue weighted by Gasteiger charge is 2.10. The maximum absolute atomic E-state index is 10.5. The minimum atomic E-state index is -0.457. The van der Waals surface area contributed by atoms with Gasteiger partial charge in [0.25, 0.3) is 11.6 Å². The quantitative estimate of drug-likeness (QED) is 0.593. The van der Waals surface area contributed by atoms with Crippen LogP contribution in [0.1, 0.15) is 5.82 Å². The standard InChI is InChI=1S/C11H11N3O4/c1-17-7-6-10-12-11(18-13-10)8-2-4-9(5-3-8)14(15)16/h2-5H,6-7H2,1H3. The van der Waals surface area contributed by atoms with E-state index in [0.717, 1.165) is 0 Å². The van der Waals surface area contributed by atoms with Gasteiger partial charge in [0, 0.05) is 31.2 Å². The van der Waals surface area contributed by atoms with E-state index >= 15 is 0 Å². The summed E-state index contributed by atoms with van der Waals surface area (Å²) in [5.41, 5.74) is 0.676.